The maximum Gasteiger partial charge on any atom is 0.113 e. The maximum absolute atomic E-state index is 4.51. The molecule has 182 valence electrons. The molecule has 0 amide bonds. The van der Waals surface area contributed by atoms with Crippen LogP contribution in [0.3, 0.4) is 0 Å². The van der Waals surface area contributed by atoms with E-state index in [1.165, 1.54) is 19.3 Å². The largest absolute Gasteiger partial charge is 0.318 e. The number of benzene rings is 1. The molecule has 0 spiro atoms. The first kappa shape index (κ1) is 26.6. The minimum atomic E-state index is 0.907. The number of fused-ring (bicyclic) bond motifs is 1. The fourth-order valence-corrected chi connectivity index (χ4v) is 3.41. The van der Waals surface area contributed by atoms with Crippen molar-refractivity contribution in [2.24, 2.45) is 0 Å². The van der Waals surface area contributed by atoms with Crippen LogP contribution in [-0.4, -0.2) is 94.0 Å². The first-order valence-electron chi connectivity index (χ1n) is 12.4. The highest BCUT2D eigenvalue weighted by Crippen LogP contribution is 2.08. The molecular weight excluding hydrogens is 402 g/mol. The van der Waals surface area contributed by atoms with E-state index in [-0.39, 0.29) is 0 Å². The van der Waals surface area contributed by atoms with Gasteiger partial charge in [0.05, 0.1) is 6.54 Å². The Morgan fingerprint density at radius 3 is 1.50 bits per heavy atom. The Hall–Kier alpha value is -1.62. The van der Waals surface area contributed by atoms with Gasteiger partial charge in [-0.1, -0.05) is 25.0 Å². The number of nitrogens with zero attached hydrogens (tertiary/aromatic N) is 3. The minimum absolute atomic E-state index is 0.907. The number of aryl methyl sites for hydroxylation is 1. The highest BCUT2D eigenvalue weighted by atomic mass is 15.5. The van der Waals surface area contributed by atoms with Gasteiger partial charge < -0.3 is 31.9 Å². The quantitative estimate of drug-likeness (QED) is 0.142. The summed E-state index contributed by atoms with van der Waals surface area (Å²) < 4.78 is 0. The Morgan fingerprint density at radius 2 is 1.00 bits per heavy atom. The summed E-state index contributed by atoms with van der Waals surface area (Å²) in [7, 11) is 1.98. The number of hydrogen-bond acceptors (Lipinski definition) is 8. The van der Waals surface area contributed by atoms with Crippen LogP contribution >= 0.6 is 0 Å². The molecular formula is C23H45N9. The monoisotopic (exact) mass is 447 g/mol. The third kappa shape index (κ3) is 13.0. The maximum atomic E-state index is 4.51. The third-order valence-corrected chi connectivity index (χ3v) is 5.26. The Bertz CT molecular complexity index is 643. The van der Waals surface area contributed by atoms with Gasteiger partial charge in [-0.05, 0) is 38.6 Å². The van der Waals surface area contributed by atoms with Crippen molar-refractivity contribution in [2.75, 3.05) is 79.0 Å². The summed E-state index contributed by atoms with van der Waals surface area (Å²) in [6, 6.07) is 8.05. The van der Waals surface area contributed by atoms with Crippen molar-refractivity contribution in [1.29, 1.82) is 0 Å². The number of aromatic nitrogens is 3. The molecule has 0 aliphatic heterocycles. The van der Waals surface area contributed by atoms with Crippen molar-refractivity contribution in [2.45, 2.75) is 32.2 Å². The van der Waals surface area contributed by atoms with Gasteiger partial charge in [0.1, 0.15) is 11.0 Å². The molecule has 0 aliphatic carbocycles. The van der Waals surface area contributed by atoms with E-state index in [9.17, 15) is 0 Å². The zero-order valence-electron chi connectivity index (χ0n) is 20.0. The molecule has 0 saturated heterocycles. The molecule has 9 heteroatoms. The zero-order valence-corrected chi connectivity index (χ0v) is 20.0. The van der Waals surface area contributed by atoms with Crippen molar-refractivity contribution in [1.82, 2.24) is 46.9 Å². The van der Waals surface area contributed by atoms with Crippen LogP contribution in [0.15, 0.2) is 24.3 Å². The smallest absolute Gasteiger partial charge is 0.113 e. The SMILES string of the molecule is CNCCNCCNCCNCCNCCNCCCCCCn1nc2ccccc2n1. The van der Waals surface area contributed by atoms with Crippen LogP contribution in [-0.2, 0) is 6.54 Å². The standard InChI is InChI=1S/C23H45N9/c1-24-11-12-26-15-16-28-19-20-29-18-17-27-14-13-25-10-6-2-3-7-21-32-30-22-8-4-5-9-23(22)31-32/h4-5,8-9,24-29H,2-3,6-7,10-21H2,1H3. The molecule has 0 atom stereocenters. The molecule has 1 aromatic carbocycles. The van der Waals surface area contributed by atoms with Crippen LogP contribution in [0.4, 0.5) is 0 Å². The van der Waals surface area contributed by atoms with Gasteiger partial charge in [-0.2, -0.15) is 15.0 Å². The van der Waals surface area contributed by atoms with E-state index in [1.807, 2.05) is 36.1 Å². The number of rotatable bonds is 22. The molecule has 2 rings (SSSR count). The second-order valence-corrected chi connectivity index (χ2v) is 8.05. The van der Waals surface area contributed by atoms with E-state index < -0.39 is 0 Å². The lowest BCUT2D eigenvalue weighted by atomic mass is 10.2. The van der Waals surface area contributed by atoms with Crippen molar-refractivity contribution < 1.29 is 0 Å². The first-order chi connectivity index (χ1) is 15.9. The van der Waals surface area contributed by atoms with E-state index in [2.05, 4.69) is 42.1 Å². The van der Waals surface area contributed by atoms with Gasteiger partial charge in [-0.25, -0.2) is 0 Å². The minimum Gasteiger partial charge on any atom is -0.318 e. The molecule has 0 bridgehead atoms. The highest BCUT2D eigenvalue weighted by Gasteiger charge is 2.00. The van der Waals surface area contributed by atoms with E-state index in [1.54, 1.807) is 0 Å². The number of hydrogen-bond donors (Lipinski definition) is 6. The third-order valence-electron chi connectivity index (χ3n) is 5.26. The van der Waals surface area contributed by atoms with Crippen LogP contribution < -0.4 is 31.9 Å². The lowest BCUT2D eigenvalue weighted by Gasteiger charge is -2.09. The second kappa shape index (κ2) is 18.9. The summed E-state index contributed by atoms with van der Waals surface area (Å²) in [5, 5.41) is 29.4. The molecule has 1 heterocycles. The Balaban J connectivity index is 1.24. The van der Waals surface area contributed by atoms with Crippen LogP contribution in [0.2, 0.25) is 0 Å². The summed E-state index contributed by atoms with van der Waals surface area (Å²) >= 11 is 0. The molecule has 0 radical (unpaired) electrons. The average molecular weight is 448 g/mol. The predicted molar refractivity (Wildman–Crippen MR) is 134 cm³/mol. The average Bonchev–Trinajstić information content (AvgIpc) is 3.23. The van der Waals surface area contributed by atoms with Crippen molar-refractivity contribution in [3.05, 3.63) is 24.3 Å². The molecule has 2 aromatic rings. The number of unbranched alkanes of at least 4 members (excludes halogenated alkanes) is 3. The number of likely N-dealkylation sites (N-methyl/N-ethyl adjacent to an activating group) is 1. The summed E-state index contributed by atoms with van der Waals surface area (Å²) in [5.74, 6) is 0. The van der Waals surface area contributed by atoms with Gasteiger partial charge in [0, 0.05) is 65.4 Å². The molecule has 0 saturated carbocycles. The van der Waals surface area contributed by atoms with E-state index in [4.69, 9.17) is 0 Å². The highest BCUT2D eigenvalue weighted by molar-refractivity contribution is 5.72. The summed E-state index contributed by atoms with van der Waals surface area (Å²) in [6.07, 6.45) is 4.85. The molecule has 6 N–H and O–H groups in total. The van der Waals surface area contributed by atoms with Crippen LogP contribution in [0.25, 0.3) is 11.0 Å². The first-order valence-corrected chi connectivity index (χ1v) is 12.4. The van der Waals surface area contributed by atoms with Crippen LogP contribution in [0, 0.1) is 0 Å². The fourth-order valence-electron chi connectivity index (χ4n) is 3.41. The van der Waals surface area contributed by atoms with Gasteiger partial charge in [0.25, 0.3) is 0 Å². The topological polar surface area (TPSA) is 103 Å². The molecule has 9 nitrogen and oxygen atoms in total. The van der Waals surface area contributed by atoms with Gasteiger partial charge in [0.15, 0.2) is 0 Å². The molecule has 0 unspecified atom stereocenters. The van der Waals surface area contributed by atoms with Gasteiger partial charge in [-0.3, -0.25) is 0 Å². The van der Waals surface area contributed by atoms with E-state index in [0.717, 1.165) is 96.0 Å². The molecule has 1 aromatic heterocycles. The molecule has 0 aliphatic rings. The Kier molecular flexibility index (Phi) is 15.7. The van der Waals surface area contributed by atoms with Gasteiger partial charge in [0.2, 0.25) is 0 Å². The molecule has 0 fully saturated rings. The summed E-state index contributed by atoms with van der Waals surface area (Å²) in [6.45, 7) is 12.2. The van der Waals surface area contributed by atoms with E-state index in [0.29, 0.717) is 0 Å². The lowest BCUT2D eigenvalue weighted by Crippen LogP contribution is -2.37. The summed E-state index contributed by atoms with van der Waals surface area (Å²) in [5.41, 5.74) is 1.97. The van der Waals surface area contributed by atoms with Crippen molar-refractivity contribution in [3.63, 3.8) is 0 Å². The van der Waals surface area contributed by atoms with Gasteiger partial charge >= 0.3 is 0 Å². The second-order valence-electron chi connectivity index (χ2n) is 8.05. The normalized spacial score (nSPS) is 11.5. The lowest BCUT2D eigenvalue weighted by molar-refractivity contribution is 0.486. The number of nitrogens with one attached hydrogen (secondary N) is 6. The van der Waals surface area contributed by atoms with Crippen molar-refractivity contribution in [3.8, 4) is 0 Å². The predicted octanol–water partition coefficient (Wildman–Crippen LogP) is 0.159. The van der Waals surface area contributed by atoms with Crippen molar-refractivity contribution >= 4 is 11.0 Å². The Labute approximate surface area is 193 Å². The molecule has 32 heavy (non-hydrogen) atoms. The van der Waals surface area contributed by atoms with E-state index >= 15 is 0 Å². The van der Waals surface area contributed by atoms with Gasteiger partial charge in [-0.15, -0.1) is 0 Å². The summed E-state index contributed by atoms with van der Waals surface area (Å²) in [4.78, 5) is 1.84. The van der Waals surface area contributed by atoms with Crippen LogP contribution in [0.1, 0.15) is 25.7 Å². The van der Waals surface area contributed by atoms with Crippen LogP contribution in [0.5, 0.6) is 0 Å². The Morgan fingerprint density at radius 1 is 0.562 bits per heavy atom. The fraction of sp³-hybridized carbons (Fsp3) is 0.739. The zero-order chi connectivity index (χ0) is 22.5.